The molecule has 0 saturated carbocycles. The van der Waals surface area contributed by atoms with E-state index in [-0.39, 0.29) is 31.5 Å². The largest absolute Gasteiger partial charge is 0.457 e. The normalized spacial score (nSPS) is 18.7. The number of methoxy groups -OCH3 is 1. The summed E-state index contributed by atoms with van der Waals surface area (Å²) < 4.78 is 45.7. The highest BCUT2D eigenvalue weighted by atomic mass is 32.2. The smallest absolute Gasteiger partial charge is 0.411 e. The van der Waals surface area contributed by atoms with Gasteiger partial charge in [-0.25, -0.2) is 13.2 Å². The van der Waals surface area contributed by atoms with E-state index in [2.05, 4.69) is 22.2 Å². The van der Waals surface area contributed by atoms with Crippen LogP contribution >= 0.6 is 0 Å². The molecule has 2 atom stereocenters. The molecule has 52 heavy (non-hydrogen) atoms. The number of ether oxygens (including phenoxy) is 3. The Morgan fingerprint density at radius 3 is 2.08 bits per heavy atom. The maximum atomic E-state index is 14.3. The molecular weight excluding hydrogens is 679 g/mol. The molecule has 4 aromatic carbocycles. The van der Waals surface area contributed by atoms with Gasteiger partial charge in [0.2, 0.25) is 15.9 Å². The number of nitrogens with one attached hydrogen (secondary N) is 2. The van der Waals surface area contributed by atoms with Gasteiger partial charge >= 0.3 is 6.09 Å². The van der Waals surface area contributed by atoms with Crippen LogP contribution in [0.3, 0.4) is 0 Å². The first kappa shape index (κ1) is 35.7. The first-order valence-electron chi connectivity index (χ1n) is 17.9. The van der Waals surface area contributed by atoms with E-state index < -0.39 is 33.6 Å². The number of carbonyl (C=O) groups excluding carboxylic acids is 2. The number of likely N-dealkylation sites (tertiary alicyclic amines) is 1. The molecule has 3 aliphatic rings. The highest BCUT2D eigenvalue weighted by molar-refractivity contribution is 7.88. The molecule has 2 N–H and O–H groups in total. The van der Waals surface area contributed by atoms with Crippen LogP contribution in [0.4, 0.5) is 4.79 Å². The third kappa shape index (κ3) is 7.05. The minimum atomic E-state index is -3.82. The van der Waals surface area contributed by atoms with Crippen molar-refractivity contribution < 1.29 is 32.2 Å². The summed E-state index contributed by atoms with van der Waals surface area (Å²) in [6.07, 6.45) is 2.55. The number of amides is 2. The van der Waals surface area contributed by atoms with Crippen LogP contribution in [0.1, 0.15) is 60.3 Å². The second-order valence-electron chi connectivity index (χ2n) is 13.9. The van der Waals surface area contributed by atoms with E-state index in [9.17, 15) is 18.0 Å². The van der Waals surface area contributed by atoms with Crippen molar-refractivity contribution in [2.45, 2.75) is 49.6 Å². The number of carbonyl (C=O) groups is 2. The van der Waals surface area contributed by atoms with Crippen LogP contribution in [0, 0.1) is 5.92 Å². The Balaban J connectivity index is 1.13. The Morgan fingerprint density at radius 1 is 0.865 bits per heavy atom. The van der Waals surface area contributed by atoms with Gasteiger partial charge in [-0.2, -0.15) is 4.72 Å². The Bertz CT molecular complexity index is 1960. The zero-order chi connectivity index (χ0) is 36.3. The van der Waals surface area contributed by atoms with Crippen LogP contribution in [0.5, 0.6) is 11.5 Å². The molecule has 0 bridgehead atoms. The predicted molar refractivity (Wildman–Crippen MR) is 199 cm³/mol. The van der Waals surface area contributed by atoms with Crippen molar-refractivity contribution in [2.24, 2.45) is 5.92 Å². The maximum Gasteiger partial charge on any atom is 0.411 e. The van der Waals surface area contributed by atoms with Crippen LogP contribution in [0.25, 0.3) is 11.1 Å². The van der Waals surface area contributed by atoms with Crippen LogP contribution in [0.2, 0.25) is 0 Å². The van der Waals surface area contributed by atoms with Crippen molar-refractivity contribution >= 4 is 22.0 Å². The summed E-state index contributed by atoms with van der Waals surface area (Å²) in [5, 5.41) is 3.22. The maximum absolute atomic E-state index is 14.3. The molecule has 272 valence electrons. The molecule has 2 amide bonds. The van der Waals surface area contributed by atoms with Crippen molar-refractivity contribution in [3.05, 3.63) is 119 Å². The van der Waals surface area contributed by atoms with Gasteiger partial charge in [-0.3, -0.25) is 9.69 Å². The number of unbranched alkanes of at least 4 members (excludes halogenated alkanes) is 1. The summed E-state index contributed by atoms with van der Waals surface area (Å²) in [6, 6.07) is 31.9. The zero-order valence-corrected chi connectivity index (χ0v) is 30.4. The highest BCUT2D eigenvalue weighted by Gasteiger charge is 2.45. The van der Waals surface area contributed by atoms with Gasteiger partial charge in [0.25, 0.3) is 0 Å². The Kier molecular flexibility index (Phi) is 10.4. The molecular formula is C41H45N3O7S. The highest BCUT2D eigenvalue weighted by Crippen LogP contribution is 2.50. The Morgan fingerprint density at radius 2 is 1.46 bits per heavy atom. The summed E-state index contributed by atoms with van der Waals surface area (Å²) in [5.74, 6) is 0.123. The lowest BCUT2D eigenvalue weighted by Gasteiger charge is -2.42. The molecule has 0 spiro atoms. The minimum Gasteiger partial charge on any atom is -0.457 e. The Hall–Kier alpha value is -4.71. The van der Waals surface area contributed by atoms with Crippen LogP contribution in [0.15, 0.2) is 97.1 Å². The van der Waals surface area contributed by atoms with E-state index in [0.717, 1.165) is 70.4 Å². The molecule has 1 fully saturated rings. The molecule has 4 aromatic rings. The third-order valence-corrected chi connectivity index (χ3v) is 11.3. The van der Waals surface area contributed by atoms with Crippen molar-refractivity contribution in [2.75, 3.05) is 39.7 Å². The minimum absolute atomic E-state index is 0.0816. The standard InChI is InChI=1S/C41H45N3O7S/c1-49-25-12-11-23-41(34-19-7-9-21-36(34)51-37-22-10-8-20-35(37)41)27-42-39(45)32-18-13-24-44(38(32)43-52(2,47)48)40(46)50-26-33-30-16-5-3-14-28(30)29-15-4-6-17-31(29)33/h3-10,14-17,19-22,32-33,38,43H,11-13,18,23-27H2,1-2H3,(H,42,45)/t32-,38?/m0/s1. The summed E-state index contributed by atoms with van der Waals surface area (Å²) >= 11 is 0. The van der Waals surface area contributed by atoms with Gasteiger partial charge in [-0.15, -0.1) is 0 Å². The topological polar surface area (TPSA) is 123 Å². The molecule has 7 rings (SSSR count). The van der Waals surface area contributed by atoms with Crippen molar-refractivity contribution in [3.8, 4) is 22.6 Å². The molecule has 1 saturated heterocycles. The number of piperidine rings is 1. The number of para-hydroxylation sites is 2. The van der Waals surface area contributed by atoms with Crippen LogP contribution < -0.4 is 14.8 Å². The number of sulfonamides is 1. The number of fused-ring (bicyclic) bond motifs is 5. The molecule has 0 aromatic heterocycles. The average Bonchev–Trinajstić information content (AvgIpc) is 3.47. The van der Waals surface area contributed by atoms with E-state index in [1.165, 1.54) is 4.90 Å². The lowest BCUT2D eigenvalue weighted by atomic mass is 9.69. The molecule has 1 unspecified atom stereocenters. The SMILES string of the molecule is COCCCCC1(CNC(=O)[C@H]2CCCN(C(=O)OCC3c4ccccc4-c4ccccc43)C2NS(C)(=O)=O)c2ccccc2Oc2ccccc21. The van der Waals surface area contributed by atoms with Crippen LogP contribution in [-0.2, 0) is 29.7 Å². The number of benzene rings is 4. The number of hydrogen-bond donors (Lipinski definition) is 2. The second kappa shape index (κ2) is 15.1. The van der Waals surface area contributed by atoms with Gasteiger partial charge in [-0.1, -0.05) is 84.9 Å². The molecule has 10 nitrogen and oxygen atoms in total. The first-order valence-corrected chi connectivity index (χ1v) is 19.8. The average molecular weight is 724 g/mol. The first-order chi connectivity index (χ1) is 25.2. The molecule has 1 aliphatic carbocycles. The fourth-order valence-corrected chi connectivity index (χ4v) is 9.00. The quantitative estimate of drug-likeness (QED) is 0.159. The summed E-state index contributed by atoms with van der Waals surface area (Å²) in [7, 11) is -2.13. The van der Waals surface area contributed by atoms with Gasteiger partial charge in [-0.05, 0) is 66.5 Å². The van der Waals surface area contributed by atoms with Crippen molar-refractivity contribution in [1.29, 1.82) is 0 Å². The second-order valence-corrected chi connectivity index (χ2v) is 15.7. The summed E-state index contributed by atoms with van der Waals surface area (Å²) in [6.45, 7) is 1.20. The van der Waals surface area contributed by atoms with E-state index in [1.807, 2.05) is 84.9 Å². The summed E-state index contributed by atoms with van der Waals surface area (Å²) in [5.41, 5.74) is 5.70. The van der Waals surface area contributed by atoms with Gasteiger partial charge < -0.3 is 19.5 Å². The van der Waals surface area contributed by atoms with Gasteiger partial charge in [0.05, 0.1) is 12.2 Å². The molecule has 2 heterocycles. The van der Waals surface area contributed by atoms with E-state index in [0.29, 0.717) is 19.4 Å². The molecule has 11 heteroatoms. The lowest BCUT2D eigenvalue weighted by molar-refractivity contribution is -0.128. The fraction of sp³-hybridized carbons (Fsp3) is 0.366. The van der Waals surface area contributed by atoms with E-state index >= 15 is 0 Å². The van der Waals surface area contributed by atoms with Gasteiger partial charge in [0, 0.05) is 49.3 Å². The lowest BCUT2D eigenvalue weighted by Crippen LogP contribution is -2.61. The fourth-order valence-electron chi connectivity index (χ4n) is 8.27. The number of rotatable bonds is 12. The van der Waals surface area contributed by atoms with E-state index in [4.69, 9.17) is 14.2 Å². The monoisotopic (exact) mass is 723 g/mol. The van der Waals surface area contributed by atoms with Crippen molar-refractivity contribution in [1.82, 2.24) is 14.9 Å². The third-order valence-electron chi connectivity index (χ3n) is 10.7. The van der Waals surface area contributed by atoms with Gasteiger partial charge in [0.15, 0.2) is 0 Å². The molecule has 2 aliphatic heterocycles. The predicted octanol–water partition coefficient (Wildman–Crippen LogP) is 6.55. The van der Waals surface area contributed by atoms with Gasteiger partial charge in [0.1, 0.15) is 24.3 Å². The van der Waals surface area contributed by atoms with Crippen LogP contribution in [-0.4, -0.2) is 71.2 Å². The summed E-state index contributed by atoms with van der Waals surface area (Å²) in [4.78, 5) is 29.5. The molecule has 0 radical (unpaired) electrons. The number of nitrogens with zero attached hydrogens (tertiary/aromatic N) is 1. The zero-order valence-electron chi connectivity index (χ0n) is 29.5. The number of hydrogen-bond acceptors (Lipinski definition) is 7. The Labute approximate surface area is 305 Å². The van der Waals surface area contributed by atoms with Crippen molar-refractivity contribution in [3.63, 3.8) is 0 Å². The van der Waals surface area contributed by atoms with E-state index in [1.54, 1.807) is 7.11 Å².